The van der Waals surface area contributed by atoms with Gasteiger partial charge in [0.05, 0.1) is 6.54 Å². The molecule has 1 aliphatic rings. The molecule has 3 rings (SSSR count). The Balaban J connectivity index is 1.52. The highest BCUT2D eigenvalue weighted by Crippen LogP contribution is 2.25. The summed E-state index contributed by atoms with van der Waals surface area (Å²) in [5.41, 5.74) is 0. The molecule has 0 radical (unpaired) electrons. The van der Waals surface area contributed by atoms with E-state index in [9.17, 15) is 4.79 Å². The molecule has 1 heterocycles. The summed E-state index contributed by atoms with van der Waals surface area (Å²) in [4.78, 5) is 12.8. The van der Waals surface area contributed by atoms with Gasteiger partial charge in [-0.25, -0.2) is 0 Å². The first kappa shape index (κ1) is 17.6. The number of likely N-dealkylation sites (tertiary alicyclic amines) is 1. The quantitative estimate of drug-likeness (QED) is 0.805. The zero-order chi connectivity index (χ0) is 17.6. The minimum atomic E-state index is -0.796. The zero-order valence-corrected chi connectivity index (χ0v) is 14.5. The highest BCUT2D eigenvalue weighted by Gasteiger charge is 2.26. The Morgan fingerprint density at radius 1 is 1.08 bits per heavy atom. The molecule has 0 bridgehead atoms. The van der Waals surface area contributed by atoms with Crippen molar-refractivity contribution < 1.29 is 19.4 Å². The van der Waals surface area contributed by atoms with E-state index in [4.69, 9.17) is 26.2 Å². The van der Waals surface area contributed by atoms with Crippen LogP contribution in [-0.2, 0) is 4.79 Å². The van der Waals surface area contributed by atoms with Gasteiger partial charge in [0.1, 0.15) is 23.9 Å². The number of carboxylic acids is 1. The molecule has 5 nitrogen and oxygen atoms in total. The molecular weight excluding hydrogens is 342 g/mol. The fourth-order valence-electron chi connectivity index (χ4n) is 2.90. The standard InChI is InChI=1S/C19H20ClNO4/c20-14-3-5-17(6-4-14)25-18-9-7-16(8-10-18)24-13-15-2-1-11-21(15)12-19(22)23/h3-10,15H,1-2,11-13H2,(H,22,23). The summed E-state index contributed by atoms with van der Waals surface area (Å²) in [6, 6.07) is 14.7. The van der Waals surface area contributed by atoms with Crippen LogP contribution in [0.2, 0.25) is 5.02 Å². The van der Waals surface area contributed by atoms with Crippen molar-refractivity contribution in [1.29, 1.82) is 0 Å². The Morgan fingerprint density at radius 2 is 1.68 bits per heavy atom. The summed E-state index contributed by atoms with van der Waals surface area (Å²) in [6.45, 7) is 1.38. The topological polar surface area (TPSA) is 59.0 Å². The summed E-state index contributed by atoms with van der Waals surface area (Å²) >= 11 is 5.85. The van der Waals surface area contributed by atoms with Gasteiger partial charge >= 0.3 is 5.97 Å². The first-order valence-corrected chi connectivity index (χ1v) is 8.60. The molecule has 2 aromatic carbocycles. The van der Waals surface area contributed by atoms with E-state index in [-0.39, 0.29) is 12.6 Å². The molecule has 132 valence electrons. The van der Waals surface area contributed by atoms with E-state index in [1.807, 2.05) is 41.3 Å². The molecule has 2 aromatic rings. The lowest BCUT2D eigenvalue weighted by molar-refractivity contribution is -0.138. The van der Waals surface area contributed by atoms with Crippen molar-refractivity contribution in [2.45, 2.75) is 18.9 Å². The van der Waals surface area contributed by atoms with Gasteiger partial charge in [0.15, 0.2) is 0 Å². The lowest BCUT2D eigenvalue weighted by Crippen LogP contribution is -2.37. The number of ether oxygens (including phenoxy) is 2. The average molecular weight is 362 g/mol. The van der Waals surface area contributed by atoms with Crippen molar-refractivity contribution >= 4 is 17.6 Å². The maximum absolute atomic E-state index is 10.9. The van der Waals surface area contributed by atoms with E-state index in [1.54, 1.807) is 12.1 Å². The second-order valence-electron chi connectivity index (χ2n) is 6.00. The molecular formula is C19H20ClNO4. The Labute approximate surface area is 151 Å². The number of hydrogen-bond acceptors (Lipinski definition) is 4. The molecule has 1 N–H and O–H groups in total. The van der Waals surface area contributed by atoms with Gasteiger partial charge in [0.2, 0.25) is 0 Å². The number of carbonyl (C=O) groups is 1. The van der Waals surface area contributed by atoms with Gasteiger partial charge in [-0.15, -0.1) is 0 Å². The highest BCUT2D eigenvalue weighted by atomic mass is 35.5. The smallest absolute Gasteiger partial charge is 0.317 e. The highest BCUT2D eigenvalue weighted by molar-refractivity contribution is 6.30. The van der Waals surface area contributed by atoms with Crippen molar-refractivity contribution in [2.75, 3.05) is 19.7 Å². The molecule has 1 saturated heterocycles. The number of rotatable bonds is 7. The SMILES string of the molecule is O=C(O)CN1CCCC1COc1ccc(Oc2ccc(Cl)cc2)cc1. The van der Waals surface area contributed by atoms with Crippen molar-refractivity contribution in [3.63, 3.8) is 0 Å². The second-order valence-corrected chi connectivity index (χ2v) is 6.44. The Bertz CT molecular complexity index is 702. The van der Waals surface area contributed by atoms with E-state index in [0.29, 0.717) is 23.1 Å². The monoisotopic (exact) mass is 361 g/mol. The van der Waals surface area contributed by atoms with E-state index >= 15 is 0 Å². The maximum Gasteiger partial charge on any atom is 0.317 e. The third-order valence-electron chi connectivity index (χ3n) is 4.15. The van der Waals surface area contributed by atoms with Crippen LogP contribution >= 0.6 is 11.6 Å². The minimum Gasteiger partial charge on any atom is -0.492 e. The summed E-state index contributed by atoms with van der Waals surface area (Å²) in [5.74, 6) is 1.37. The zero-order valence-electron chi connectivity index (χ0n) is 13.7. The summed E-state index contributed by atoms with van der Waals surface area (Å²) in [6.07, 6.45) is 1.97. The van der Waals surface area contributed by atoms with Gasteiger partial charge in [0, 0.05) is 11.1 Å². The van der Waals surface area contributed by atoms with Crippen molar-refractivity contribution in [3.05, 3.63) is 53.6 Å². The van der Waals surface area contributed by atoms with Crippen LogP contribution in [-0.4, -0.2) is 41.7 Å². The number of benzene rings is 2. The molecule has 1 fully saturated rings. The van der Waals surface area contributed by atoms with Crippen molar-refractivity contribution in [1.82, 2.24) is 4.90 Å². The molecule has 0 aliphatic carbocycles. The average Bonchev–Trinajstić information content (AvgIpc) is 3.03. The van der Waals surface area contributed by atoms with Crippen LogP contribution in [0, 0.1) is 0 Å². The molecule has 1 aliphatic heterocycles. The largest absolute Gasteiger partial charge is 0.492 e. The van der Waals surface area contributed by atoms with E-state index in [0.717, 1.165) is 25.1 Å². The van der Waals surface area contributed by atoms with Crippen LogP contribution < -0.4 is 9.47 Å². The molecule has 0 aromatic heterocycles. The van der Waals surface area contributed by atoms with Crippen LogP contribution in [0.25, 0.3) is 0 Å². The van der Waals surface area contributed by atoms with Gasteiger partial charge in [-0.2, -0.15) is 0 Å². The molecule has 1 atom stereocenters. The van der Waals surface area contributed by atoms with Crippen LogP contribution in [0.3, 0.4) is 0 Å². The third-order valence-corrected chi connectivity index (χ3v) is 4.40. The predicted molar refractivity (Wildman–Crippen MR) is 95.7 cm³/mol. The lowest BCUT2D eigenvalue weighted by Gasteiger charge is -2.22. The predicted octanol–water partition coefficient (Wildman–Crippen LogP) is 4.06. The molecule has 0 saturated carbocycles. The van der Waals surface area contributed by atoms with E-state index in [2.05, 4.69) is 0 Å². The van der Waals surface area contributed by atoms with E-state index in [1.165, 1.54) is 0 Å². The molecule has 1 unspecified atom stereocenters. The lowest BCUT2D eigenvalue weighted by atomic mass is 10.2. The Kier molecular flexibility index (Phi) is 5.79. The summed E-state index contributed by atoms with van der Waals surface area (Å²) in [5, 5.41) is 9.61. The maximum atomic E-state index is 10.9. The number of halogens is 1. The van der Waals surface area contributed by atoms with Crippen LogP contribution in [0.5, 0.6) is 17.2 Å². The van der Waals surface area contributed by atoms with Gasteiger partial charge in [-0.3, -0.25) is 9.69 Å². The van der Waals surface area contributed by atoms with Crippen LogP contribution in [0.4, 0.5) is 0 Å². The first-order valence-electron chi connectivity index (χ1n) is 8.22. The summed E-state index contributed by atoms with van der Waals surface area (Å²) in [7, 11) is 0. The van der Waals surface area contributed by atoms with Gasteiger partial charge in [0.25, 0.3) is 0 Å². The number of carboxylic acid groups (broad SMARTS) is 1. The number of nitrogens with zero attached hydrogens (tertiary/aromatic N) is 1. The van der Waals surface area contributed by atoms with Gasteiger partial charge in [-0.05, 0) is 67.9 Å². The van der Waals surface area contributed by atoms with Crippen molar-refractivity contribution in [2.24, 2.45) is 0 Å². The molecule has 0 amide bonds. The van der Waals surface area contributed by atoms with Gasteiger partial charge < -0.3 is 14.6 Å². The normalized spacial score (nSPS) is 17.4. The molecule has 6 heteroatoms. The number of aliphatic carboxylic acids is 1. The minimum absolute atomic E-state index is 0.0713. The van der Waals surface area contributed by atoms with Gasteiger partial charge in [-0.1, -0.05) is 11.6 Å². The Morgan fingerprint density at radius 3 is 2.32 bits per heavy atom. The van der Waals surface area contributed by atoms with Crippen LogP contribution in [0.15, 0.2) is 48.5 Å². The Hall–Kier alpha value is -2.24. The van der Waals surface area contributed by atoms with Crippen molar-refractivity contribution in [3.8, 4) is 17.2 Å². The van der Waals surface area contributed by atoms with E-state index < -0.39 is 5.97 Å². The third kappa shape index (κ3) is 5.11. The molecule has 0 spiro atoms. The van der Waals surface area contributed by atoms with Crippen LogP contribution in [0.1, 0.15) is 12.8 Å². The summed E-state index contributed by atoms with van der Waals surface area (Å²) < 4.78 is 11.6. The fraction of sp³-hybridized carbons (Fsp3) is 0.316. The fourth-order valence-corrected chi connectivity index (χ4v) is 3.03. The first-order chi connectivity index (χ1) is 12.1. The second kappa shape index (κ2) is 8.23. The molecule has 25 heavy (non-hydrogen) atoms. The number of hydrogen-bond donors (Lipinski definition) is 1.